The molecule has 1 aliphatic heterocycles. The maximum Gasteiger partial charge on any atom is 0.490 e. The van der Waals surface area contributed by atoms with Gasteiger partial charge in [0.1, 0.15) is 0 Å². The number of carboxylic acids is 2. The number of carboxylic acid groups (broad SMARTS) is 2. The first-order valence-electron chi connectivity index (χ1n) is 12.8. The number of fused-ring (bicyclic) bond motifs is 1. The first-order chi connectivity index (χ1) is 21.5. The number of aromatic nitrogens is 3. The number of carbonyl (C=O) groups is 4. The second-order valence-electron chi connectivity index (χ2n) is 9.41. The lowest BCUT2D eigenvalue weighted by molar-refractivity contribution is -0.193. The summed E-state index contributed by atoms with van der Waals surface area (Å²) >= 11 is 1.43. The fraction of sp³-hybridized carbons (Fsp3) is 0.259. The van der Waals surface area contributed by atoms with Crippen LogP contribution < -0.4 is 11.1 Å². The number of rotatable bonds is 5. The molecule has 6 N–H and O–H groups in total. The van der Waals surface area contributed by atoms with E-state index in [1.54, 1.807) is 11.1 Å². The van der Waals surface area contributed by atoms with Gasteiger partial charge in [-0.25, -0.2) is 14.6 Å². The minimum Gasteiger partial charge on any atom is -0.475 e. The van der Waals surface area contributed by atoms with Crippen molar-refractivity contribution in [1.29, 1.82) is 0 Å². The van der Waals surface area contributed by atoms with Gasteiger partial charge < -0.3 is 26.2 Å². The molecular weight excluding hydrogens is 650 g/mol. The first kappa shape index (κ1) is 35.4. The Bertz CT molecular complexity index is 1640. The lowest BCUT2D eigenvalue weighted by Crippen LogP contribution is -2.35. The number of carbonyl (C=O) groups excluding carboxylic acids is 2. The highest BCUT2D eigenvalue weighted by atomic mass is 32.1. The van der Waals surface area contributed by atoms with E-state index in [4.69, 9.17) is 25.5 Å². The van der Waals surface area contributed by atoms with E-state index in [-0.39, 0.29) is 30.2 Å². The van der Waals surface area contributed by atoms with Gasteiger partial charge in [0.25, 0.3) is 0 Å². The maximum absolute atomic E-state index is 13.3. The lowest BCUT2D eigenvalue weighted by Gasteiger charge is -2.17. The predicted octanol–water partition coefficient (Wildman–Crippen LogP) is 4.09. The molecule has 0 radical (unpaired) electrons. The number of alkyl halides is 6. The second kappa shape index (κ2) is 14.8. The zero-order valence-electron chi connectivity index (χ0n) is 23.2. The number of aliphatic carboxylic acids is 2. The van der Waals surface area contributed by atoms with Crippen molar-refractivity contribution in [2.45, 2.75) is 18.3 Å². The Hall–Kier alpha value is -5.04. The average molecular weight is 675 g/mol. The Labute approximate surface area is 258 Å². The highest BCUT2D eigenvalue weighted by Gasteiger charge is 2.41. The van der Waals surface area contributed by atoms with Crippen LogP contribution in [0, 0.1) is 5.92 Å². The molecule has 5 rings (SSSR count). The van der Waals surface area contributed by atoms with Gasteiger partial charge in [-0.2, -0.15) is 31.4 Å². The largest absolute Gasteiger partial charge is 0.490 e. The number of thiazole rings is 1. The predicted molar refractivity (Wildman–Crippen MR) is 152 cm³/mol. The molecule has 2 amide bonds. The highest BCUT2D eigenvalue weighted by molar-refractivity contribution is 7.22. The molecule has 0 aliphatic carbocycles. The molecule has 46 heavy (non-hydrogen) atoms. The van der Waals surface area contributed by atoms with Crippen molar-refractivity contribution in [1.82, 2.24) is 20.1 Å². The fourth-order valence-electron chi connectivity index (χ4n) is 4.20. The molecule has 2 atom stereocenters. The normalized spacial score (nSPS) is 16.1. The van der Waals surface area contributed by atoms with Gasteiger partial charge in [0.05, 0.1) is 28.9 Å². The van der Waals surface area contributed by atoms with E-state index in [2.05, 4.69) is 20.5 Å². The van der Waals surface area contributed by atoms with E-state index in [1.807, 2.05) is 54.7 Å². The van der Waals surface area contributed by atoms with Crippen molar-refractivity contribution in [2.75, 3.05) is 25.0 Å². The van der Waals surface area contributed by atoms with Crippen LogP contribution in [0.2, 0.25) is 0 Å². The number of H-pyrrole nitrogens is 1. The molecule has 19 heteroatoms. The number of nitrogens with one attached hydrogen (secondary N) is 2. The number of benzene rings is 2. The molecule has 246 valence electrons. The number of likely N-dealkylation sites (tertiary alicyclic amines) is 1. The summed E-state index contributed by atoms with van der Waals surface area (Å²) in [4.78, 5) is 49.5. The Morgan fingerprint density at radius 1 is 0.957 bits per heavy atom. The second-order valence-corrected chi connectivity index (χ2v) is 10.4. The summed E-state index contributed by atoms with van der Waals surface area (Å²) in [6.45, 7) is 0.760. The van der Waals surface area contributed by atoms with Gasteiger partial charge >= 0.3 is 24.3 Å². The molecule has 2 aromatic heterocycles. The Balaban J connectivity index is 0.000000345. The third-order valence-corrected chi connectivity index (χ3v) is 7.28. The van der Waals surface area contributed by atoms with E-state index in [9.17, 15) is 35.9 Å². The number of halogens is 6. The van der Waals surface area contributed by atoms with Gasteiger partial charge in [-0.15, -0.1) is 0 Å². The maximum atomic E-state index is 13.3. The molecular formula is C27H24F6N6O6S. The van der Waals surface area contributed by atoms with Crippen LogP contribution in [0.5, 0.6) is 0 Å². The minimum atomic E-state index is -5.08. The average Bonchev–Trinajstić information content (AvgIpc) is 3.76. The molecule has 2 aromatic carbocycles. The van der Waals surface area contributed by atoms with Gasteiger partial charge in [-0.3, -0.25) is 14.7 Å². The smallest absolute Gasteiger partial charge is 0.475 e. The lowest BCUT2D eigenvalue weighted by atomic mass is 9.88. The van der Waals surface area contributed by atoms with Crippen molar-refractivity contribution in [3.8, 4) is 11.1 Å². The Morgan fingerprint density at radius 2 is 1.57 bits per heavy atom. The quantitative estimate of drug-likeness (QED) is 0.194. The van der Waals surface area contributed by atoms with Gasteiger partial charge in [-0.05, 0) is 23.3 Å². The van der Waals surface area contributed by atoms with Gasteiger partial charge in [0.15, 0.2) is 5.13 Å². The van der Waals surface area contributed by atoms with Crippen molar-refractivity contribution in [3.05, 3.63) is 66.5 Å². The first-order valence-corrected chi connectivity index (χ1v) is 13.7. The zero-order chi connectivity index (χ0) is 34.2. The van der Waals surface area contributed by atoms with Crippen LogP contribution in [0.3, 0.4) is 0 Å². The van der Waals surface area contributed by atoms with Crippen LogP contribution in [0.25, 0.3) is 21.3 Å². The van der Waals surface area contributed by atoms with Crippen molar-refractivity contribution >= 4 is 50.4 Å². The van der Waals surface area contributed by atoms with E-state index in [1.165, 1.54) is 11.3 Å². The number of hydrogen-bond donors (Lipinski definition) is 5. The van der Waals surface area contributed by atoms with Gasteiger partial charge in [0, 0.05) is 30.8 Å². The highest BCUT2D eigenvalue weighted by Crippen LogP contribution is 2.35. The van der Waals surface area contributed by atoms with Crippen LogP contribution in [0.1, 0.15) is 11.5 Å². The third-order valence-electron chi connectivity index (χ3n) is 6.35. The molecule has 2 unspecified atom stereocenters. The zero-order valence-corrected chi connectivity index (χ0v) is 24.0. The molecule has 0 spiro atoms. The van der Waals surface area contributed by atoms with E-state index >= 15 is 0 Å². The van der Waals surface area contributed by atoms with Crippen molar-refractivity contribution < 1.29 is 55.7 Å². The molecule has 1 fully saturated rings. The molecule has 0 bridgehead atoms. The summed E-state index contributed by atoms with van der Waals surface area (Å²) in [5.74, 6) is -6.26. The summed E-state index contributed by atoms with van der Waals surface area (Å²) in [5, 5.41) is 24.6. The summed E-state index contributed by atoms with van der Waals surface area (Å²) in [7, 11) is 0. The topological polar surface area (TPSA) is 192 Å². The van der Waals surface area contributed by atoms with Crippen LogP contribution in [-0.4, -0.2) is 86.0 Å². The number of anilines is 1. The Morgan fingerprint density at radius 3 is 2.09 bits per heavy atom. The number of hydrogen-bond acceptors (Lipinski definition) is 8. The minimum absolute atomic E-state index is 0.0628. The van der Waals surface area contributed by atoms with E-state index < -0.39 is 24.3 Å². The molecule has 4 aromatic rings. The van der Waals surface area contributed by atoms with Gasteiger partial charge in [-0.1, -0.05) is 47.7 Å². The molecule has 1 saturated heterocycles. The summed E-state index contributed by atoms with van der Waals surface area (Å²) in [6, 6.07) is 15.8. The molecule has 12 nitrogen and oxygen atoms in total. The fourth-order valence-corrected chi connectivity index (χ4v) is 5.11. The number of aromatic amines is 1. The summed E-state index contributed by atoms with van der Waals surface area (Å²) in [6.07, 6.45) is -6.56. The van der Waals surface area contributed by atoms with E-state index in [0.717, 1.165) is 26.9 Å². The van der Waals surface area contributed by atoms with E-state index in [0.29, 0.717) is 18.2 Å². The Kier molecular flexibility index (Phi) is 11.4. The molecule has 0 saturated carbocycles. The number of amides is 2. The SMILES string of the molecule is NCC(=O)N1CC(C(=O)Nc2nc3ccc(-c4cn[nH]c4)cc3s2)C(c2ccccc2)C1.O=C(O)C(F)(F)F.O=C(O)C(F)(F)F. The number of nitrogens with two attached hydrogens (primary N) is 1. The number of nitrogens with zero attached hydrogens (tertiary/aromatic N) is 3. The van der Waals surface area contributed by atoms with Crippen molar-refractivity contribution in [3.63, 3.8) is 0 Å². The summed E-state index contributed by atoms with van der Waals surface area (Å²) < 4.78 is 64.4. The molecule has 1 aliphatic rings. The summed E-state index contributed by atoms with van der Waals surface area (Å²) in [5.41, 5.74) is 9.45. The van der Waals surface area contributed by atoms with Crippen molar-refractivity contribution in [2.24, 2.45) is 11.7 Å². The third kappa shape index (κ3) is 9.48. The monoisotopic (exact) mass is 674 g/mol. The van der Waals surface area contributed by atoms with Crippen LogP contribution in [0.15, 0.2) is 60.9 Å². The molecule has 3 heterocycles. The van der Waals surface area contributed by atoms with Crippen LogP contribution in [-0.2, 0) is 19.2 Å². The van der Waals surface area contributed by atoms with Crippen LogP contribution in [0.4, 0.5) is 31.5 Å². The van der Waals surface area contributed by atoms with Crippen LogP contribution >= 0.6 is 11.3 Å². The standard InChI is InChI=1S/C23H22N6O2S.2C2HF3O2/c24-9-21(30)29-12-17(14-4-2-1-3-5-14)18(13-29)22(31)28-23-27-19-7-6-15(8-20(19)32-23)16-10-25-26-11-16;2*3-2(4,5)1(6)7/h1-8,10-11,17-18H,9,12-13,24H2,(H,25,26)(H,27,28,31);2*(H,6,7). The van der Waals surface area contributed by atoms with Gasteiger partial charge in [0.2, 0.25) is 11.8 Å².